The molecule has 0 aliphatic carbocycles. The lowest BCUT2D eigenvalue weighted by Crippen LogP contribution is -2.32. The highest BCUT2D eigenvalue weighted by Gasteiger charge is 2.46. The average Bonchev–Trinajstić information content (AvgIpc) is 2.67. The SMILES string of the molecule is COC(=O)C(C)(C)C1OC(=O)c2ccccc21. The van der Waals surface area contributed by atoms with E-state index >= 15 is 0 Å². The van der Waals surface area contributed by atoms with E-state index in [2.05, 4.69) is 0 Å². The second-order valence-electron chi connectivity index (χ2n) is 4.59. The summed E-state index contributed by atoms with van der Waals surface area (Å²) in [7, 11) is 1.33. The Morgan fingerprint density at radius 3 is 2.65 bits per heavy atom. The van der Waals surface area contributed by atoms with Gasteiger partial charge in [0.1, 0.15) is 11.5 Å². The van der Waals surface area contributed by atoms with E-state index in [0.29, 0.717) is 5.56 Å². The Labute approximate surface area is 99.5 Å². The molecule has 17 heavy (non-hydrogen) atoms. The number of carbonyl (C=O) groups excluding carboxylic acids is 2. The molecule has 0 bridgehead atoms. The third-order valence-corrected chi connectivity index (χ3v) is 3.06. The molecule has 1 unspecified atom stereocenters. The Bertz CT molecular complexity index is 476. The first-order valence-electron chi connectivity index (χ1n) is 5.37. The average molecular weight is 234 g/mol. The van der Waals surface area contributed by atoms with Gasteiger partial charge in [0, 0.05) is 5.56 Å². The fraction of sp³-hybridized carbons (Fsp3) is 0.385. The van der Waals surface area contributed by atoms with E-state index in [0.717, 1.165) is 5.56 Å². The summed E-state index contributed by atoms with van der Waals surface area (Å²) in [6, 6.07) is 7.09. The van der Waals surface area contributed by atoms with Gasteiger partial charge < -0.3 is 9.47 Å². The highest BCUT2D eigenvalue weighted by Crippen LogP contribution is 2.43. The molecule has 2 rings (SSSR count). The molecule has 0 aromatic heterocycles. The van der Waals surface area contributed by atoms with Crippen molar-refractivity contribution in [2.24, 2.45) is 5.41 Å². The van der Waals surface area contributed by atoms with Crippen molar-refractivity contribution in [1.29, 1.82) is 0 Å². The minimum atomic E-state index is -0.892. The van der Waals surface area contributed by atoms with E-state index in [4.69, 9.17) is 9.47 Å². The molecule has 1 aromatic rings. The van der Waals surface area contributed by atoms with Crippen molar-refractivity contribution in [3.63, 3.8) is 0 Å². The molecule has 0 spiro atoms. The van der Waals surface area contributed by atoms with Gasteiger partial charge in [0.25, 0.3) is 0 Å². The number of ether oxygens (including phenoxy) is 2. The van der Waals surface area contributed by atoms with Crippen LogP contribution in [0.2, 0.25) is 0 Å². The van der Waals surface area contributed by atoms with Gasteiger partial charge in [0.15, 0.2) is 0 Å². The first kappa shape index (κ1) is 11.6. The van der Waals surface area contributed by atoms with Crippen molar-refractivity contribution < 1.29 is 19.1 Å². The van der Waals surface area contributed by atoms with Gasteiger partial charge >= 0.3 is 11.9 Å². The molecule has 1 aromatic carbocycles. The Kier molecular flexibility index (Phi) is 2.65. The summed E-state index contributed by atoms with van der Waals surface area (Å²) in [5.41, 5.74) is 0.374. The highest BCUT2D eigenvalue weighted by atomic mass is 16.6. The summed E-state index contributed by atoms with van der Waals surface area (Å²) in [6.45, 7) is 3.41. The zero-order chi connectivity index (χ0) is 12.6. The number of benzene rings is 1. The van der Waals surface area contributed by atoms with Gasteiger partial charge in [-0.2, -0.15) is 0 Å². The summed E-state index contributed by atoms with van der Waals surface area (Å²) in [5, 5.41) is 0. The fourth-order valence-electron chi connectivity index (χ4n) is 2.05. The molecule has 1 heterocycles. The summed E-state index contributed by atoms with van der Waals surface area (Å²) in [6.07, 6.45) is -0.585. The van der Waals surface area contributed by atoms with Crippen LogP contribution in [0.5, 0.6) is 0 Å². The zero-order valence-corrected chi connectivity index (χ0v) is 10.0. The van der Waals surface area contributed by atoms with Crippen LogP contribution in [0.25, 0.3) is 0 Å². The predicted octanol–water partition coefficient (Wildman–Crippen LogP) is 2.10. The molecule has 0 fully saturated rings. The van der Waals surface area contributed by atoms with Gasteiger partial charge in [-0.3, -0.25) is 4.79 Å². The molecule has 4 nitrogen and oxygen atoms in total. The maximum Gasteiger partial charge on any atom is 0.339 e. The second kappa shape index (κ2) is 3.87. The molecule has 4 heteroatoms. The third kappa shape index (κ3) is 1.69. The monoisotopic (exact) mass is 234 g/mol. The molecule has 0 radical (unpaired) electrons. The van der Waals surface area contributed by atoms with Crippen molar-refractivity contribution >= 4 is 11.9 Å². The van der Waals surface area contributed by atoms with Crippen molar-refractivity contribution in [2.75, 3.05) is 7.11 Å². The maximum atomic E-state index is 11.7. The molecule has 0 saturated carbocycles. The number of carbonyl (C=O) groups is 2. The summed E-state index contributed by atoms with van der Waals surface area (Å²) < 4.78 is 10.0. The smallest absolute Gasteiger partial charge is 0.339 e. The summed E-state index contributed by atoms with van der Waals surface area (Å²) in [5.74, 6) is -0.783. The van der Waals surface area contributed by atoms with E-state index in [1.165, 1.54) is 7.11 Å². The van der Waals surface area contributed by atoms with Gasteiger partial charge in [-0.25, -0.2) is 4.79 Å². The van der Waals surface area contributed by atoms with Crippen LogP contribution in [0.15, 0.2) is 24.3 Å². The van der Waals surface area contributed by atoms with Gasteiger partial charge in [-0.05, 0) is 19.9 Å². The first-order chi connectivity index (χ1) is 7.98. The number of hydrogen-bond donors (Lipinski definition) is 0. The van der Waals surface area contributed by atoms with E-state index in [-0.39, 0.29) is 5.97 Å². The third-order valence-electron chi connectivity index (χ3n) is 3.06. The Hall–Kier alpha value is -1.84. The Balaban J connectivity index is 2.44. The lowest BCUT2D eigenvalue weighted by Gasteiger charge is -2.27. The lowest BCUT2D eigenvalue weighted by molar-refractivity contribution is -0.157. The molecule has 0 amide bonds. The number of methoxy groups -OCH3 is 1. The van der Waals surface area contributed by atoms with Crippen molar-refractivity contribution in [1.82, 2.24) is 0 Å². The number of esters is 2. The largest absolute Gasteiger partial charge is 0.468 e. The van der Waals surface area contributed by atoms with Crippen LogP contribution in [0.1, 0.15) is 35.9 Å². The molecule has 0 saturated heterocycles. The second-order valence-corrected chi connectivity index (χ2v) is 4.59. The fourth-order valence-corrected chi connectivity index (χ4v) is 2.05. The maximum absolute atomic E-state index is 11.7. The number of rotatable bonds is 2. The predicted molar refractivity (Wildman–Crippen MR) is 60.4 cm³/mol. The summed E-state index contributed by atoms with van der Waals surface area (Å²) >= 11 is 0. The van der Waals surface area contributed by atoms with Crippen LogP contribution >= 0.6 is 0 Å². The number of cyclic esters (lactones) is 1. The van der Waals surface area contributed by atoms with Gasteiger partial charge in [0.2, 0.25) is 0 Å². The van der Waals surface area contributed by atoms with Crippen LogP contribution in [0.4, 0.5) is 0 Å². The quantitative estimate of drug-likeness (QED) is 0.735. The van der Waals surface area contributed by atoms with Crippen LogP contribution < -0.4 is 0 Å². The normalized spacial score (nSPS) is 18.5. The van der Waals surface area contributed by atoms with Crippen molar-refractivity contribution in [2.45, 2.75) is 20.0 Å². The molecular weight excluding hydrogens is 220 g/mol. The van der Waals surface area contributed by atoms with E-state index < -0.39 is 17.5 Å². The molecule has 0 N–H and O–H groups in total. The zero-order valence-electron chi connectivity index (χ0n) is 10.0. The minimum absolute atomic E-state index is 0.387. The number of hydrogen-bond acceptors (Lipinski definition) is 4. The molecule has 1 atom stereocenters. The van der Waals surface area contributed by atoms with Crippen molar-refractivity contribution in [3.8, 4) is 0 Å². The van der Waals surface area contributed by atoms with Crippen LogP contribution in [0, 0.1) is 5.41 Å². The molecule has 1 aliphatic heterocycles. The van der Waals surface area contributed by atoms with E-state index in [9.17, 15) is 9.59 Å². The van der Waals surface area contributed by atoms with Crippen molar-refractivity contribution in [3.05, 3.63) is 35.4 Å². The molecule has 1 aliphatic rings. The van der Waals surface area contributed by atoms with E-state index in [1.807, 2.05) is 6.07 Å². The highest BCUT2D eigenvalue weighted by molar-refractivity contribution is 5.95. The topological polar surface area (TPSA) is 52.6 Å². The minimum Gasteiger partial charge on any atom is -0.468 e. The van der Waals surface area contributed by atoms with Crippen LogP contribution in [-0.2, 0) is 14.3 Å². The Morgan fingerprint density at radius 2 is 2.00 bits per heavy atom. The van der Waals surface area contributed by atoms with Crippen LogP contribution in [-0.4, -0.2) is 19.0 Å². The van der Waals surface area contributed by atoms with Gasteiger partial charge in [0.05, 0.1) is 12.7 Å². The first-order valence-corrected chi connectivity index (χ1v) is 5.37. The Morgan fingerprint density at radius 1 is 1.35 bits per heavy atom. The van der Waals surface area contributed by atoms with Crippen LogP contribution in [0.3, 0.4) is 0 Å². The molecule has 90 valence electrons. The van der Waals surface area contributed by atoms with Gasteiger partial charge in [-0.1, -0.05) is 18.2 Å². The molecular formula is C13H14O4. The standard InChI is InChI=1S/C13H14O4/c1-13(2,12(15)16-3)10-8-6-4-5-7-9(8)11(14)17-10/h4-7,10H,1-3H3. The number of fused-ring (bicyclic) bond motifs is 1. The van der Waals surface area contributed by atoms with E-state index in [1.54, 1.807) is 32.0 Å². The van der Waals surface area contributed by atoms with Gasteiger partial charge in [-0.15, -0.1) is 0 Å². The summed E-state index contributed by atoms with van der Waals surface area (Å²) in [4.78, 5) is 23.4. The lowest BCUT2D eigenvalue weighted by atomic mass is 9.82.